The summed E-state index contributed by atoms with van der Waals surface area (Å²) in [5, 5.41) is 3.61. The zero-order valence-electron chi connectivity index (χ0n) is 14.0. The molecule has 0 saturated heterocycles. The topological polar surface area (TPSA) is 38.3 Å². The third-order valence-corrected chi connectivity index (χ3v) is 5.98. The fourth-order valence-electron chi connectivity index (χ4n) is 4.44. The molecule has 0 heterocycles. The van der Waals surface area contributed by atoms with Gasteiger partial charge in [0.05, 0.1) is 5.92 Å². The molecule has 0 radical (unpaired) electrons. The van der Waals surface area contributed by atoms with Crippen LogP contribution in [-0.2, 0) is 9.53 Å². The molecule has 0 aromatic carbocycles. The highest BCUT2D eigenvalue weighted by Gasteiger charge is 2.59. The minimum absolute atomic E-state index is 0.0112. The van der Waals surface area contributed by atoms with Gasteiger partial charge in [-0.15, -0.1) is 0 Å². The van der Waals surface area contributed by atoms with E-state index in [0.29, 0.717) is 16.9 Å². The van der Waals surface area contributed by atoms with Crippen LogP contribution in [0.25, 0.3) is 0 Å². The molecule has 3 nitrogen and oxygen atoms in total. The summed E-state index contributed by atoms with van der Waals surface area (Å²) < 4.78 is 5.56. The van der Waals surface area contributed by atoms with E-state index in [1.54, 1.807) is 0 Å². The third-order valence-electron chi connectivity index (χ3n) is 5.98. The van der Waals surface area contributed by atoms with E-state index >= 15 is 0 Å². The van der Waals surface area contributed by atoms with E-state index in [1.165, 1.54) is 19.3 Å². The molecular weight excluding hydrogens is 250 g/mol. The highest BCUT2D eigenvalue weighted by molar-refractivity contribution is 5.72. The number of esters is 1. The van der Waals surface area contributed by atoms with Gasteiger partial charge in [-0.1, -0.05) is 34.6 Å². The highest BCUT2D eigenvalue weighted by atomic mass is 16.6. The van der Waals surface area contributed by atoms with Crippen molar-refractivity contribution in [3.8, 4) is 0 Å². The van der Waals surface area contributed by atoms with E-state index in [4.69, 9.17) is 4.74 Å². The molecule has 2 fully saturated rings. The van der Waals surface area contributed by atoms with Gasteiger partial charge in [-0.05, 0) is 49.4 Å². The molecule has 0 amide bonds. The Kier molecular flexibility index (Phi) is 4.21. The van der Waals surface area contributed by atoms with Crippen LogP contribution in [0, 0.1) is 22.7 Å². The van der Waals surface area contributed by atoms with Crippen LogP contribution in [0.5, 0.6) is 0 Å². The normalized spacial score (nSPS) is 37.7. The van der Waals surface area contributed by atoms with Gasteiger partial charge in [0, 0.05) is 6.04 Å². The van der Waals surface area contributed by atoms with Crippen molar-refractivity contribution in [1.82, 2.24) is 5.32 Å². The molecule has 2 saturated carbocycles. The molecular formula is C17H31NO2. The summed E-state index contributed by atoms with van der Waals surface area (Å²) in [5.74, 6) is 0.712. The maximum absolute atomic E-state index is 11.9. The van der Waals surface area contributed by atoms with E-state index in [1.807, 2.05) is 20.8 Å². The van der Waals surface area contributed by atoms with Crippen molar-refractivity contribution in [1.29, 1.82) is 0 Å². The van der Waals surface area contributed by atoms with Gasteiger partial charge in [-0.25, -0.2) is 0 Å². The molecule has 2 aliphatic carbocycles. The lowest BCUT2D eigenvalue weighted by Crippen LogP contribution is -2.54. The SMILES string of the molecule is CCC(C)C(=O)OC(C)NC1C2(C)CCC(C2)C1(C)C. The Morgan fingerprint density at radius 1 is 1.35 bits per heavy atom. The summed E-state index contributed by atoms with van der Waals surface area (Å²) >= 11 is 0. The minimum atomic E-state index is -0.197. The molecule has 3 heteroatoms. The van der Waals surface area contributed by atoms with E-state index in [9.17, 15) is 4.79 Å². The molecule has 5 atom stereocenters. The molecule has 2 bridgehead atoms. The smallest absolute Gasteiger partial charge is 0.310 e. The molecule has 0 spiro atoms. The molecule has 2 rings (SSSR count). The van der Waals surface area contributed by atoms with Crippen LogP contribution in [0.3, 0.4) is 0 Å². The van der Waals surface area contributed by atoms with Gasteiger partial charge < -0.3 is 4.74 Å². The minimum Gasteiger partial charge on any atom is -0.447 e. The van der Waals surface area contributed by atoms with Crippen LogP contribution in [0.1, 0.15) is 67.2 Å². The second-order valence-electron chi connectivity index (χ2n) is 7.90. The summed E-state index contributed by atoms with van der Waals surface area (Å²) in [4.78, 5) is 11.9. The van der Waals surface area contributed by atoms with Crippen molar-refractivity contribution in [2.75, 3.05) is 0 Å². The average Bonchev–Trinajstić information content (AvgIpc) is 2.84. The summed E-state index contributed by atoms with van der Waals surface area (Å²) in [6.45, 7) is 13.0. The first kappa shape index (κ1) is 15.8. The van der Waals surface area contributed by atoms with Gasteiger partial charge in [-0.2, -0.15) is 0 Å². The summed E-state index contributed by atoms with van der Waals surface area (Å²) in [5.41, 5.74) is 0.662. The van der Waals surface area contributed by atoms with Gasteiger partial charge in [0.25, 0.3) is 0 Å². The number of carbonyl (C=O) groups excluding carboxylic acids is 1. The maximum atomic E-state index is 11.9. The lowest BCUT2D eigenvalue weighted by molar-refractivity contribution is -0.155. The summed E-state index contributed by atoms with van der Waals surface area (Å²) in [6.07, 6.45) is 4.59. The van der Waals surface area contributed by atoms with Crippen molar-refractivity contribution < 1.29 is 9.53 Å². The van der Waals surface area contributed by atoms with Gasteiger partial charge in [0.15, 0.2) is 6.23 Å². The predicted octanol–water partition coefficient (Wildman–Crippen LogP) is 3.73. The number of hydrogen-bond acceptors (Lipinski definition) is 3. The Balaban J connectivity index is 1.97. The maximum Gasteiger partial charge on any atom is 0.310 e. The van der Waals surface area contributed by atoms with Crippen LogP contribution < -0.4 is 5.32 Å². The van der Waals surface area contributed by atoms with Crippen molar-refractivity contribution >= 4 is 5.97 Å². The largest absolute Gasteiger partial charge is 0.447 e. The number of fused-ring (bicyclic) bond motifs is 2. The quantitative estimate of drug-likeness (QED) is 0.616. The Hall–Kier alpha value is -0.570. The van der Waals surface area contributed by atoms with E-state index < -0.39 is 0 Å². The first-order chi connectivity index (χ1) is 9.20. The monoisotopic (exact) mass is 281 g/mol. The summed E-state index contributed by atoms with van der Waals surface area (Å²) in [6, 6.07) is 0.438. The Labute approximate surface area is 123 Å². The molecule has 0 aliphatic heterocycles. The fourth-order valence-corrected chi connectivity index (χ4v) is 4.44. The molecule has 20 heavy (non-hydrogen) atoms. The first-order valence-electron chi connectivity index (χ1n) is 8.17. The van der Waals surface area contributed by atoms with E-state index in [0.717, 1.165) is 12.3 Å². The van der Waals surface area contributed by atoms with Gasteiger partial charge in [0.2, 0.25) is 0 Å². The fraction of sp³-hybridized carbons (Fsp3) is 0.941. The van der Waals surface area contributed by atoms with E-state index in [2.05, 4.69) is 26.1 Å². The number of rotatable bonds is 5. The first-order valence-corrected chi connectivity index (χ1v) is 8.17. The standard InChI is InChI=1S/C17H31NO2/c1-7-11(2)14(19)20-12(3)18-15-16(4,5)13-8-9-17(15,6)10-13/h11-13,15,18H,7-10H2,1-6H3. The molecule has 5 unspecified atom stereocenters. The zero-order valence-corrected chi connectivity index (χ0v) is 14.0. The predicted molar refractivity (Wildman–Crippen MR) is 81.2 cm³/mol. The number of carbonyl (C=O) groups is 1. The van der Waals surface area contributed by atoms with Crippen molar-refractivity contribution in [2.45, 2.75) is 79.5 Å². The van der Waals surface area contributed by atoms with Gasteiger partial charge in [0.1, 0.15) is 0 Å². The Morgan fingerprint density at radius 3 is 2.50 bits per heavy atom. The van der Waals surface area contributed by atoms with Gasteiger partial charge in [-0.3, -0.25) is 10.1 Å². The Bertz CT molecular complexity index is 374. The molecule has 116 valence electrons. The zero-order chi connectivity index (χ0) is 15.1. The van der Waals surface area contributed by atoms with Crippen molar-refractivity contribution in [2.24, 2.45) is 22.7 Å². The molecule has 0 aromatic rings. The lowest BCUT2D eigenvalue weighted by atomic mass is 9.68. The lowest BCUT2D eigenvalue weighted by Gasteiger charge is -2.44. The average molecular weight is 281 g/mol. The van der Waals surface area contributed by atoms with Crippen molar-refractivity contribution in [3.05, 3.63) is 0 Å². The van der Waals surface area contributed by atoms with Crippen LogP contribution in [0.2, 0.25) is 0 Å². The second kappa shape index (κ2) is 5.32. The number of ether oxygens (including phenoxy) is 1. The van der Waals surface area contributed by atoms with Crippen LogP contribution in [0.4, 0.5) is 0 Å². The van der Waals surface area contributed by atoms with Crippen LogP contribution in [0.15, 0.2) is 0 Å². The molecule has 1 N–H and O–H groups in total. The second-order valence-corrected chi connectivity index (χ2v) is 7.90. The summed E-state index contributed by atoms with van der Waals surface area (Å²) in [7, 11) is 0. The van der Waals surface area contributed by atoms with Crippen molar-refractivity contribution in [3.63, 3.8) is 0 Å². The highest BCUT2D eigenvalue weighted by Crippen LogP contribution is 2.62. The molecule has 0 aromatic heterocycles. The number of hydrogen-bond donors (Lipinski definition) is 1. The third kappa shape index (κ3) is 2.61. The van der Waals surface area contributed by atoms with Gasteiger partial charge >= 0.3 is 5.97 Å². The van der Waals surface area contributed by atoms with E-state index in [-0.39, 0.29) is 18.1 Å². The Morgan fingerprint density at radius 2 is 2.00 bits per heavy atom. The molecule has 2 aliphatic rings. The number of nitrogens with one attached hydrogen (secondary N) is 1. The van der Waals surface area contributed by atoms with Crippen LogP contribution >= 0.6 is 0 Å². The van der Waals surface area contributed by atoms with Crippen LogP contribution in [-0.4, -0.2) is 18.2 Å².